The minimum absolute atomic E-state index is 0.0115. The molecule has 0 aromatic heterocycles. The van der Waals surface area contributed by atoms with Crippen molar-refractivity contribution in [2.45, 2.75) is 0 Å². The maximum Gasteiger partial charge on any atom is 0.200 e. The number of benzene rings is 2. The van der Waals surface area contributed by atoms with E-state index in [1.165, 1.54) is 14.2 Å². The summed E-state index contributed by atoms with van der Waals surface area (Å²) in [6.45, 7) is 3.33. The lowest BCUT2D eigenvalue weighted by molar-refractivity contribution is 0.271. The fourth-order valence-electron chi connectivity index (χ4n) is 3.08. The predicted molar refractivity (Wildman–Crippen MR) is 106 cm³/mol. The second-order valence-corrected chi connectivity index (χ2v) is 6.13. The van der Waals surface area contributed by atoms with Crippen LogP contribution in [0, 0.1) is 0 Å². The molecule has 7 nitrogen and oxygen atoms in total. The highest BCUT2D eigenvalue weighted by Gasteiger charge is 2.18. The highest BCUT2D eigenvalue weighted by Crippen LogP contribution is 2.36. The SMILES string of the molecule is COc1ccccc1N1CCN(/N=C\c2cc(OC)c(O)c(OC)c2)CC1. The maximum atomic E-state index is 9.99. The number of hydrogen-bond acceptors (Lipinski definition) is 7. The van der Waals surface area contributed by atoms with Crippen LogP contribution in [0.25, 0.3) is 0 Å². The number of methoxy groups -OCH3 is 3. The van der Waals surface area contributed by atoms with Crippen molar-refractivity contribution in [3.63, 3.8) is 0 Å². The molecular formula is C20H25N3O4. The number of ether oxygens (including phenoxy) is 3. The molecule has 2 aromatic rings. The first kappa shape index (κ1) is 18.7. The van der Waals surface area contributed by atoms with E-state index in [0.717, 1.165) is 43.2 Å². The fourth-order valence-corrected chi connectivity index (χ4v) is 3.08. The molecule has 0 atom stereocenters. The third kappa shape index (κ3) is 4.19. The molecule has 3 rings (SSSR count). The van der Waals surface area contributed by atoms with E-state index >= 15 is 0 Å². The van der Waals surface area contributed by atoms with E-state index in [0.29, 0.717) is 11.5 Å². The number of para-hydroxylation sites is 2. The monoisotopic (exact) mass is 371 g/mol. The van der Waals surface area contributed by atoms with Crippen molar-refractivity contribution in [3.8, 4) is 23.0 Å². The number of rotatable bonds is 6. The second kappa shape index (κ2) is 8.53. The van der Waals surface area contributed by atoms with E-state index in [4.69, 9.17) is 14.2 Å². The van der Waals surface area contributed by atoms with Crippen molar-refractivity contribution in [2.75, 3.05) is 52.4 Å². The highest BCUT2D eigenvalue weighted by molar-refractivity contribution is 5.82. The summed E-state index contributed by atoms with van der Waals surface area (Å²) in [5.41, 5.74) is 1.91. The van der Waals surface area contributed by atoms with Crippen molar-refractivity contribution in [1.82, 2.24) is 5.01 Å². The Kier molecular flexibility index (Phi) is 5.90. The second-order valence-electron chi connectivity index (χ2n) is 6.13. The van der Waals surface area contributed by atoms with Crippen LogP contribution in [-0.4, -0.2) is 63.8 Å². The third-order valence-electron chi connectivity index (χ3n) is 4.55. The Labute approximate surface area is 159 Å². The van der Waals surface area contributed by atoms with Gasteiger partial charge in [0.15, 0.2) is 11.5 Å². The van der Waals surface area contributed by atoms with Gasteiger partial charge < -0.3 is 24.2 Å². The molecular weight excluding hydrogens is 346 g/mol. The van der Waals surface area contributed by atoms with Gasteiger partial charge in [-0.3, -0.25) is 5.01 Å². The van der Waals surface area contributed by atoms with Gasteiger partial charge in [0.05, 0.1) is 46.3 Å². The van der Waals surface area contributed by atoms with E-state index in [-0.39, 0.29) is 5.75 Å². The molecule has 0 amide bonds. The quantitative estimate of drug-likeness (QED) is 0.788. The van der Waals surface area contributed by atoms with Crippen molar-refractivity contribution >= 4 is 11.9 Å². The average molecular weight is 371 g/mol. The number of phenolic OH excluding ortho intramolecular Hbond substituents is 1. The Morgan fingerprint density at radius 2 is 1.48 bits per heavy atom. The zero-order chi connectivity index (χ0) is 19.2. The molecule has 0 radical (unpaired) electrons. The molecule has 0 aliphatic carbocycles. The highest BCUT2D eigenvalue weighted by atomic mass is 16.5. The van der Waals surface area contributed by atoms with Crippen LogP contribution < -0.4 is 19.1 Å². The summed E-state index contributed by atoms with van der Waals surface area (Å²) in [5.74, 6) is 1.59. The Bertz CT molecular complexity index is 777. The maximum absolute atomic E-state index is 9.99. The summed E-state index contributed by atoms with van der Waals surface area (Å²) in [7, 11) is 4.71. The molecule has 1 heterocycles. The van der Waals surface area contributed by atoms with Gasteiger partial charge in [-0.2, -0.15) is 5.10 Å². The summed E-state index contributed by atoms with van der Waals surface area (Å²) < 4.78 is 15.8. The lowest BCUT2D eigenvalue weighted by Gasteiger charge is -2.35. The van der Waals surface area contributed by atoms with Gasteiger partial charge in [-0.05, 0) is 24.3 Å². The van der Waals surface area contributed by atoms with Crippen LogP contribution in [0.15, 0.2) is 41.5 Å². The van der Waals surface area contributed by atoms with E-state index in [1.54, 1.807) is 25.5 Å². The van der Waals surface area contributed by atoms with Gasteiger partial charge in [0, 0.05) is 18.7 Å². The van der Waals surface area contributed by atoms with Gasteiger partial charge >= 0.3 is 0 Å². The molecule has 0 unspecified atom stereocenters. The summed E-state index contributed by atoms with van der Waals surface area (Å²) >= 11 is 0. The molecule has 1 saturated heterocycles. The van der Waals surface area contributed by atoms with E-state index in [1.807, 2.05) is 23.2 Å². The number of phenols is 1. The van der Waals surface area contributed by atoms with Gasteiger partial charge in [-0.1, -0.05) is 12.1 Å². The number of hydrazone groups is 1. The Hall–Kier alpha value is -3.09. The van der Waals surface area contributed by atoms with Crippen LogP contribution in [-0.2, 0) is 0 Å². The third-order valence-corrected chi connectivity index (χ3v) is 4.55. The Morgan fingerprint density at radius 1 is 0.889 bits per heavy atom. The molecule has 7 heteroatoms. The fraction of sp³-hybridized carbons (Fsp3) is 0.350. The molecule has 1 N–H and O–H groups in total. The van der Waals surface area contributed by atoms with Crippen molar-refractivity contribution in [2.24, 2.45) is 5.10 Å². The number of hydrogen-bond donors (Lipinski definition) is 1. The van der Waals surface area contributed by atoms with Gasteiger partial charge in [-0.15, -0.1) is 0 Å². The normalized spacial score (nSPS) is 14.5. The summed E-state index contributed by atoms with van der Waals surface area (Å²) in [6.07, 6.45) is 1.75. The number of aromatic hydroxyl groups is 1. The standard InChI is InChI=1S/C20H25N3O4/c1-25-17-7-5-4-6-16(17)22-8-10-23(11-9-22)21-14-15-12-18(26-2)20(24)19(13-15)27-3/h4-7,12-14,24H,8-11H2,1-3H3/b21-14-. The zero-order valence-electron chi connectivity index (χ0n) is 15.9. The zero-order valence-corrected chi connectivity index (χ0v) is 15.9. The van der Waals surface area contributed by atoms with E-state index < -0.39 is 0 Å². The smallest absolute Gasteiger partial charge is 0.200 e. The summed E-state index contributed by atoms with van der Waals surface area (Å²) in [5, 5.41) is 16.6. The van der Waals surface area contributed by atoms with Gasteiger partial charge in [0.1, 0.15) is 5.75 Å². The number of piperazine rings is 1. The topological polar surface area (TPSA) is 66.8 Å². The molecule has 0 saturated carbocycles. The number of nitrogens with zero attached hydrogens (tertiary/aromatic N) is 3. The first-order valence-corrected chi connectivity index (χ1v) is 8.78. The number of anilines is 1. The van der Waals surface area contributed by atoms with Crippen molar-refractivity contribution in [3.05, 3.63) is 42.0 Å². The Morgan fingerprint density at radius 3 is 2.07 bits per heavy atom. The lowest BCUT2D eigenvalue weighted by Crippen LogP contribution is -2.44. The molecule has 1 aliphatic heterocycles. The summed E-state index contributed by atoms with van der Waals surface area (Å²) in [4.78, 5) is 2.30. The van der Waals surface area contributed by atoms with Crippen LogP contribution in [0.2, 0.25) is 0 Å². The molecule has 1 aliphatic rings. The van der Waals surface area contributed by atoms with Crippen LogP contribution >= 0.6 is 0 Å². The molecule has 1 fully saturated rings. The van der Waals surface area contributed by atoms with Crippen LogP contribution in [0.1, 0.15) is 5.56 Å². The van der Waals surface area contributed by atoms with Crippen molar-refractivity contribution < 1.29 is 19.3 Å². The lowest BCUT2D eigenvalue weighted by atomic mass is 10.2. The summed E-state index contributed by atoms with van der Waals surface area (Å²) in [6, 6.07) is 11.5. The molecule has 27 heavy (non-hydrogen) atoms. The van der Waals surface area contributed by atoms with E-state index in [2.05, 4.69) is 16.1 Å². The molecule has 144 valence electrons. The average Bonchev–Trinajstić information content (AvgIpc) is 2.73. The van der Waals surface area contributed by atoms with Gasteiger partial charge in [0.25, 0.3) is 0 Å². The molecule has 0 bridgehead atoms. The molecule has 0 spiro atoms. The predicted octanol–water partition coefficient (Wildman–Crippen LogP) is 2.57. The van der Waals surface area contributed by atoms with Gasteiger partial charge in [0.2, 0.25) is 5.75 Å². The largest absolute Gasteiger partial charge is 0.502 e. The van der Waals surface area contributed by atoms with Gasteiger partial charge in [-0.25, -0.2) is 0 Å². The van der Waals surface area contributed by atoms with Crippen LogP contribution in [0.5, 0.6) is 23.0 Å². The van der Waals surface area contributed by atoms with Crippen LogP contribution in [0.4, 0.5) is 5.69 Å². The van der Waals surface area contributed by atoms with Crippen LogP contribution in [0.3, 0.4) is 0 Å². The first-order chi connectivity index (χ1) is 13.2. The minimum atomic E-state index is -0.0115. The minimum Gasteiger partial charge on any atom is -0.502 e. The first-order valence-electron chi connectivity index (χ1n) is 8.78. The molecule has 2 aromatic carbocycles. The Balaban J connectivity index is 1.65. The van der Waals surface area contributed by atoms with Crippen molar-refractivity contribution in [1.29, 1.82) is 0 Å². The van der Waals surface area contributed by atoms with E-state index in [9.17, 15) is 5.11 Å².